The van der Waals surface area contributed by atoms with Crippen LogP contribution in [-0.2, 0) is 33.9 Å². The van der Waals surface area contributed by atoms with Crippen molar-refractivity contribution in [1.82, 2.24) is 4.72 Å². The zero-order valence-electron chi connectivity index (χ0n) is 18.1. The van der Waals surface area contributed by atoms with Crippen LogP contribution in [0.4, 0.5) is 15.8 Å². The number of amides is 3. The standard InChI is InChI=1S/C21H23FN4O7S/c1-14(27)25-16-4-8-18(9-5-16)34(31,32)24-12-21(30)33-13-20(29)26(11-10-19(23)28)17-6-2-15(22)3-7-17/h2-9,24H,10-13H2,1H3,(H2,23,28)(H,25,27). The lowest BCUT2D eigenvalue weighted by Crippen LogP contribution is -2.38. The third-order valence-electron chi connectivity index (χ3n) is 4.27. The number of ether oxygens (including phenoxy) is 1. The Bertz CT molecular complexity index is 1150. The number of rotatable bonds is 11. The first-order chi connectivity index (χ1) is 16.0. The van der Waals surface area contributed by atoms with Gasteiger partial charge in [-0.2, -0.15) is 4.72 Å². The third kappa shape index (κ3) is 8.26. The number of primary amides is 1. The highest BCUT2D eigenvalue weighted by Crippen LogP contribution is 2.16. The molecule has 2 rings (SSSR count). The summed E-state index contributed by atoms with van der Waals surface area (Å²) in [5, 5.41) is 2.49. The van der Waals surface area contributed by atoms with Gasteiger partial charge < -0.3 is 20.7 Å². The molecule has 0 heterocycles. The minimum absolute atomic E-state index is 0.127. The van der Waals surface area contributed by atoms with E-state index in [1.807, 2.05) is 4.72 Å². The molecule has 4 N–H and O–H groups in total. The molecule has 0 saturated carbocycles. The molecule has 0 spiro atoms. The van der Waals surface area contributed by atoms with Crippen LogP contribution in [0.1, 0.15) is 13.3 Å². The van der Waals surface area contributed by atoms with Gasteiger partial charge in [-0.1, -0.05) is 0 Å². The minimum atomic E-state index is -4.07. The number of anilines is 2. The first kappa shape index (κ1) is 26.4. The Morgan fingerprint density at radius 3 is 2.21 bits per heavy atom. The van der Waals surface area contributed by atoms with Crippen molar-refractivity contribution in [1.29, 1.82) is 0 Å². The van der Waals surface area contributed by atoms with Crippen molar-refractivity contribution in [3.8, 4) is 0 Å². The Morgan fingerprint density at radius 1 is 1.03 bits per heavy atom. The van der Waals surface area contributed by atoms with Crippen LogP contribution >= 0.6 is 0 Å². The summed E-state index contributed by atoms with van der Waals surface area (Å²) in [6.07, 6.45) is -0.183. The Labute approximate surface area is 195 Å². The smallest absolute Gasteiger partial charge is 0.321 e. The van der Waals surface area contributed by atoms with Crippen molar-refractivity contribution in [2.75, 3.05) is 29.9 Å². The Kier molecular flexibility index (Phi) is 9.21. The van der Waals surface area contributed by atoms with Crippen LogP contribution in [0.3, 0.4) is 0 Å². The van der Waals surface area contributed by atoms with E-state index < -0.39 is 46.8 Å². The molecule has 34 heavy (non-hydrogen) atoms. The largest absolute Gasteiger partial charge is 0.455 e. The van der Waals surface area contributed by atoms with E-state index in [1.165, 1.54) is 43.3 Å². The van der Waals surface area contributed by atoms with Gasteiger partial charge in [0.15, 0.2) is 6.61 Å². The Hall–Kier alpha value is -3.84. The van der Waals surface area contributed by atoms with E-state index in [4.69, 9.17) is 10.5 Å². The van der Waals surface area contributed by atoms with E-state index in [2.05, 4.69) is 5.32 Å². The average molecular weight is 495 g/mol. The van der Waals surface area contributed by atoms with Gasteiger partial charge in [0.1, 0.15) is 12.4 Å². The molecule has 0 fully saturated rings. The number of hydrogen-bond donors (Lipinski definition) is 3. The first-order valence-corrected chi connectivity index (χ1v) is 11.3. The van der Waals surface area contributed by atoms with Gasteiger partial charge in [-0.25, -0.2) is 12.8 Å². The molecule has 0 saturated heterocycles. The zero-order chi connectivity index (χ0) is 25.3. The molecular formula is C21H23FN4O7S. The highest BCUT2D eigenvalue weighted by Gasteiger charge is 2.20. The summed E-state index contributed by atoms with van der Waals surface area (Å²) in [4.78, 5) is 47.6. The number of nitrogens with two attached hydrogens (primary N) is 1. The summed E-state index contributed by atoms with van der Waals surface area (Å²) >= 11 is 0. The highest BCUT2D eigenvalue weighted by atomic mass is 32.2. The maximum atomic E-state index is 13.2. The number of sulfonamides is 1. The Morgan fingerprint density at radius 2 is 1.65 bits per heavy atom. The van der Waals surface area contributed by atoms with Crippen LogP contribution in [0.15, 0.2) is 53.4 Å². The number of carbonyl (C=O) groups excluding carboxylic acids is 4. The second-order valence-electron chi connectivity index (χ2n) is 6.93. The molecule has 0 aliphatic carbocycles. The number of esters is 1. The second kappa shape index (κ2) is 11.9. The van der Waals surface area contributed by atoms with Gasteiger partial charge in [0.25, 0.3) is 5.91 Å². The summed E-state index contributed by atoms with van der Waals surface area (Å²) in [6.45, 7) is -0.319. The summed E-state index contributed by atoms with van der Waals surface area (Å²) in [5.41, 5.74) is 5.77. The van der Waals surface area contributed by atoms with E-state index >= 15 is 0 Å². The van der Waals surface area contributed by atoms with E-state index in [9.17, 15) is 32.0 Å². The van der Waals surface area contributed by atoms with Crippen molar-refractivity contribution in [2.24, 2.45) is 5.73 Å². The molecule has 0 unspecified atom stereocenters. The van der Waals surface area contributed by atoms with Gasteiger partial charge in [0, 0.05) is 31.3 Å². The van der Waals surface area contributed by atoms with Gasteiger partial charge >= 0.3 is 5.97 Å². The molecule has 0 bridgehead atoms. The normalized spacial score (nSPS) is 10.9. The summed E-state index contributed by atoms with van der Waals surface area (Å²) < 4.78 is 44.7. The fraction of sp³-hybridized carbons (Fsp3) is 0.238. The van der Waals surface area contributed by atoms with Crippen LogP contribution in [0.2, 0.25) is 0 Å². The number of nitrogens with zero attached hydrogens (tertiary/aromatic N) is 1. The van der Waals surface area contributed by atoms with Gasteiger partial charge in [-0.15, -0.1) is 0 Å². The number of halogens is 1. The third-order valence-corrected chi connectivity index (χ3v) is 5.69. The molecule has 11 nitrogen and oxygen atoms in total. The molecular weight excluding hydrogens is 471 g/mol. The fourth-order valence-electron chi connectivity index (χ4n) is 2.67. The quantitative estimate of drug-likeness (QED) is 0.383. The lowest BCUT2D eigenvalue weighted by atomic mass is 10.2. The number of carbonyl (C=O) groups is 4. The molecule has 2 aromatic rings. The monoisotopic (exact) mass is 494 g/mol. The van der Waals surface area contributed by atoms with Crippen LogP contribution in [0, 0.1) is 5.82 Å². The van der Waals surface area contributed by atoms with Crippen molar-refractivity contribution in [2.45, 2.75) is 18.2 Å². The van der Waals surface area contributed by atoms with Crippen molar-refractivity contribution in [3.05, 3.63) is 54.3 Å². The molecule has 182 valence electrons. The fourth-order valence-corrected chi connectivity index (χ4v) is 3.64. The minimum Gasteiger partial charge on any atom is -0.455 e. The topological polar surface area (TPSA) is 165 Å². The predicted molar refractivity (Wildman–Crippen MR) is 119 cm³/mol. The number of benzene rings is 2. The Balaban J connectivity index is 1.93. The number of hydrogen-bond acceptors (Lipinski definition) is 7. The summed E-state index contributed by atoms with van der Waals surface area (Å²) in [5.74, 6) is -3.28. The van der Waals surface area contributed by atoms with Crippen LogP contribution in [0.5, 0.6) is 0 Å². The van der Waals surface area contributed by atoms with Crippen molar-refractivity contribution in [3.63, 3.8) is 0 Å². The maximum absolute atomic E-state index is 13.2. The SMILES string of the molecule is CC(=O)Nc1ccc(S(=O)(=O)NCC(=O)OCC(=O)N(CCC(N)=O)c2ccc(F)cc2)cc1. The molecule has 0 aliphatic heterocycles. The van der Waals surface area contributed by atoms with E-state index in [0.717, 1.165) is 17.0 Å². The van der Waals surface area contributed by atoms with E-state index in [-0.39, 0.29) is 29.5 Å². The maximum Gasteiger partial charge on any atom is 0.321 e. The second-order valence-corrected chi connectivity index (χ2v) is 8.70. The zero-order valence-corrected chi connectivity index (χ0v) is 18.9. The summed E-state index contributed by atoms with van der Waals surface area (Å²) in [6, 6.07) is 10.1. The molecule has 0 atom stereocenters. The predicted octanol–water partition coefficient (Wildman–Crippen LogP) is 0.514. The van der Waals surface area contributed by atoms with Crippen LogP contribution in [0.25, 0.3) is 0 Å². The van der Waals surface area contributed by atoms with Gasteiger partial charge in [0.05, 0.1) is 4.90 Å². The molecule has 0 aromatic heterocycles. The average Bonchev–Trinajstić information content (AvgIpc) is 2.77. The van der Waals surface area contributed by atoms with Gasteiger partial charge in [-0.3, -0.25) is 19.2 Å². The molecule has 0 radical (unpaired) electrons. The lowest BCUT2D eigenvalue weighted by molar-refractivity contribution is -0.146. The van der Waals surface area contributed by atoms with Crippen molar-refractivity contribution >= 4 is 45.1 Å². The molecule has 0 aliphatic rings. The van der Waals surface area contributed by atoms with E-state index in [1.54, 1.807) is 0 Å². The summed E-state index contributed by atoms with van der Waals surface area (Å²) in [7, 11) is -4.07. The van der Waals surface area contributed by atoms with Gasteiger partial charge in [-0.05, 0) is 48.5 Å². The first-order valence-electron chi connectivity index (χ1n) is 9.85. The molecule has 2 aromatic carbocycles. The lowest BCUT2D eigenvalue weighted by Gasteiger charge is -2.22. The van der Waals surface area contributed by atoms with Crippen molar-refractivity contribution < 1.29 is 36.7 Å². The molecule has 13 heteroatoms. The van der Waals surface area contributed by atoms with E-state index in [0.29, 0.717) is 5.69 Å². The number of nitrogens with one attached hydrogen (secondary N) is 2. The van der Waals surface area contributed by atoms with Gasteiger partial charge in [0.2, 0.25) is 21.8 Å². The molecule has 3 amide bonds. The van der Waals surface area contributed by atoms with Crippen LogP contribution in [-0.4, -0.2) is 51.8 Å². The van der Waals surface area contributed by atoms with Crippen LogP contribution < -0.4 is 20.7 Å². The highest BCUT2D eigenvalue weighted by molar-refractivity contribution is 7.89.